The van der Waals surface area contributed by atoms with Gasteiger partial charge in [-0.05, 0) is 7.05 Å². The maximum Gasteiger partial charge on any atom is 0.0594 e. The van der Waals surface area contributed by atoms with E-state index in [2.05, 4.69) is 20.4 Å². The molecule has 5 nitrogen and oxygen atoms in total. The van der Waals surface area contributed by atoms with Gasteiger partial charge in [0.15, 0.2) is 0 Å². The number of nitrogens with zero attached hydrogens (tertiary/aromatic N) is 2. The zero-order valence-electron chi connectivity index (χ0n) is 11.0. The van der Waals surface area contributed by atoms with Gasteiger partial charge in [0.25, 0.3) is 0 Å². The normalized spacial score (nSPS) is 28.4. The molecule has 0 spiro atoms. The van der Waals surface area contributed by atoms with Crippen molar-refractivity contribution in [3.63, 3.8) is 0 Å². The third-order valence-corrected chi connectivity index (χ3v) is 3.63. The van der Waals surface area contributed by atoms with Crippen LogP contribution in [0.5, 0.6) is 0 Å². The Hall–Kier alpha value is -0.200. The van der Waals surface area contributed by atoms with Crippen LogP contribution >= 0.6 is 0 Å². The molecule has 2 saturated heterocycles. The molecule has 0 amide bonds. The molecule has 100 valence electrons. The highest BCUT2D eigenvalue weighted by Crippen LogP contribution is 2.01. The van der Waals surface area contributed by atoms with E-state index in [4.69, 9.17) is 4.74 Å². The van der Waals surface area contributed by atoms with Gasteiger partial charge < -0.3 is 15.4 Å². The summed E-state index contributed by atoms with van der Waals surface area (Å²) < 4.78 is 5.37. The first-order chi connectivity index (χ1) is 8.38. The molecule has 2 aliphatic heterocycles. The number of hydrogen-bond acceptors (Lipinski definition) is 5. The van der Waals surface area contributed by atoms with Crippen LogP contribution in [0.4, 0.5) is 0 Å². The average Bonchev–Trinajstić information content (AvgIpc) is 2.39. The van der Waals surface area contributed by atoms with Crippen LogP contribution in [0.15, 0.2) is 0 Å². The summed E-state index contributed by atoms with van der Waals surface area (Å²) in [6, 6.07) is 0.610. The number of nitrogens with one attached hydrogen (secondary N) is 2. The molecule has 0 saturated carbocycles. The van der Waals surface area contributed by atoms with E-state index in [0.29, 0.717) is 6.04 Å². The summed E-state index contributed by atoms with van der Waals surface area (Å²) >= 11 is 0. The molecule has 2 aliphatic rings. The smallest absolute Gasteiger partial charge is 0.0594 e. The first-order valence-electron chi connectivity index (χ1n) is 6.79. The summed E-state index contributed by atoms with van der Waals surface area (Å²) in [5.74, 6) is 0. The molecule has 5 heteroatoms. The van der Waals surface area contributed by atoms with Crippen LogP contribution in [0.1, 0.15) is 0 Å². The third kappa shape index (κ3) is 4.52. The van der Waals surface area contributed by atoms with Gasteiger partial charge in [-0.25, -0.2) is 0 Å². The zero-order valence-corrected chi connectivity index (χ0v) is 11.0. The number of ether oxygens (including phenoxy) is 1. The molecular weight excluding hydrogens is 216 g/mol. The quantitative estimate of drug-likeness (QED) is 0.634. The predicted octanol–water partition coefficient (Wildman–Crippen LogP) is -1.19. The molecule has 2 fully saturated rings. The van der Waals surface area contributed by atoms with E-state index in [0.717, 1.165) is 39.4 Å². The van der Waals surface area contributed by atoms with Gasteiger partial charge in [-0.2, -0.15) is 0 Å². The van der Waals surface area contributed by atoms with Crippen LogP contribution in [0.2, 0.25) is 0 Å². The Morgan fingerprint density at radius 3 is 2.71 bits per heavy atom. The first-order valence-corrected chi connectivity index (χ1v) is 6.79. The topological polar surface area (TPSA) is 39.8 Å². The highest BCUT2D eigenvalue weighted by atomic mass is 16.5. The molecule has 0 aliphatic carbocycles. The van der Waals surface area contributed by atoms with Gasteiger partial charge in [0.2, 0.25) is 0 Å². The average molecular weight is 242 g/mol. The summed E-state index contributed by atoms with van der Waals surface area (Å²) in [5, 5.41) is 6.80. The van der Waals surface area contributed by atoms with Crippen molar-refractivity contribution in [2.45, 2.75) is 6.04 Å². The lowest BCUT2D eigenvalue weighted by molar-refractivity contribution is 0.0318. The maximum absolute atomic E-state index is 5.37. The van der Waals surface area contributed by atoms with Crippen molar-refractivity contribution in [2.75, 3.05) is 72.6 Å². The van der Waals surface area contributed by atoms with Crippen LogP contribution in [-0.4, -0.2) is 88.5 Å². The van der Waals surface area contributed by atoms with Crippen LogP contribution in [0.3, 0.4) is 0 Å². The van der Waals surface area contributed by atoms with Crippen molar-refractivity contribution in [1.82, 2.24) is 20.4 Å². The second kappa shape index (κ2) is 7.28. The highest BCUT2D eigenvalue weighted by molar-refractivity contribution is 4.80. The SMILES string of the molecule is CNCC1CN(CCN2CCOCC2)CCN1. The minimum atomic E-state index is 0.610. The second-order valence-electron chi connectivity index (χ2n) is 4.96. The number of rotatable bonds is 5. The fraction of sp³-hybridized carbons (Fsp3) is 1.00. The summed E-state index contributed by atoms with van der Waals surface area (Å²) in [7, 11) is 2.02. The van der Waals surface area contributed by atoms with Crippen molar-refractivity contribution in [1.29, 1.82) is 0 Å². The minimum Gasteiger partial charge on any atom is -0.379 e. The van der Waals surface area contributed by atoms with Crippen molar-refractivity contribution in [2.24, 2.45) is 0 Å². The van der Waals surface area contributed by atoms with Crippen molar-refractivity contribution >= 4 is 0 Å². The minimum absolute atomic E-state index is 0.610. The van der Waals surface area contributed by atoms with Gasteiger partial charge in [-0.1, -0.05) is 0 Å². The molecule has 2 rings (SSSR count). The van der Waals surface area contributed by atoms with Gasteiger partial charge in [0.1, 0.15) is 0 Å². The van der Waals surface area contributed by atoms with E-state index in [-0.39, 0.29) is 0 Å². The van der Waals surface area contributed by atoms with Gasteiger partial charge in [-0.15, -0.1) is 0 Å². The van der Waals surface area contributed by atoms with Crippen LogP contribution in [0.25, 0.3) is 0 Å². The highest BCUT2D eigenvalue weighted by Gasteiger charge is 2.19. The standard InChI is InChI=1S/C12H26N4O/c1-13-10-12-11-16(3-2-14-12)5-4-15-6-8-17-9-7-15/h12-14H,2-11H2,1H3. The summed E-state index contributed by atoms with van der Waals surface area (Å²) in [5.41, 5.74) is 0. The van der Waals surface area contributed by atoms with E-state index >= 15 is 0 Å². The monoisotopic (exact) mass is 242 g/mol. The first kappa shape index (κ1) is 13.2. The molecule has 1 unspecified atom stereocenters. The third-order valence-electron chi connectivity index (χ3n) is 3.63. The maximum atomic E-state index is 5.37. The lowest BCUT2D eigenvalue weighted by Gasteiger charge is -2.35. The molecule has 0 bridgehead atoms. The van der Waals surface area contributed by atoms with Crippen molar-refractivity contribution in [3.8, 4) is 0 Å². The molecule has 2 heterocycles. The van der Waals surface area contributed by atoms with Gasteiger partial charge in [-0.3, -0.25) is 9.80 Å². The Balaban J connectivity index is 1.64. The molecular formula is C12H26N4O. The zero-order chi connectivity index (χ0) is 11.9. The van der Waals surface area contributed by atoms with Gasteiger partial charge in [0, 0.05) is 58.4 Å². The van der Waals surface area contributed by atoms with Crippen LogP contribution in [0, 0.1) is 0 Å². The predicted molar refractivity (Wildman–Crippen MR) is 69.4 cm³/mol. The Kier molecular flexibility index (Phi) is 5.67. The molecule has 0 aromatic carbocycles. The van der Waals surface area contributed by atoms with Gasteiger partial charge >= 0.3 is 0 Å². The van der Waals surface area contributed by atoms with Crippen molar-refractivity contribution < 1.29 is 4.74 Å². The molecule has 0 aromatic rings. The number of morpholine rings is 1. The van der Waals surface area contributed by atoms with Crippen molar-refractivity contribution in [3.05, 3.63) is 0 Å². The number of piperazine rings is 1. The molecule has 0 radical (unpaired) electrons. The fourth-order valence-corrected chi connectivity index (χ4v) is 2.59. The Morgan fingerprint density at radius 1 is 1.18 bits per heavy atom. The summed E-state index contributed by atoms with van der Waals surface area (Å²) in [6.07, 6.45) is 0. The molecule has 0 aromatic heterocycles. The Morgan fingerprint density at radius 2 is 1.94 bits per heavy atom. The molecule has 1 atom stereocenters. The van der Waals surface area contributed by atoms with E-state index in [1.165, 1.54) is 26.2 Å². The van der Waals surface area contributed by atoms with Crippen LogP contribution in [-0.2, 0) is 4.74 Å². The van der Waals surface area contributed by atoms with E-state index in [1.54, 1.807) is 0 Å². The van der Waals surface area contributed by atoms with Crippen LogP contribution < -0.4 is 10.6 Å². The summed E-state index contributed by atoms with van der Waals surface area (Å²) in [4.78, 5) is 5.09. The molecule has 2 N–H and O–H groups in total. The molecule has 17 heavy (non-hydrogen) atoms. The number of hydrogen-bond donors (Lipinski definition) is 2. The lowest BCUT2D eigenvalue weighted by atomic mass is 10.2. The van der Waals surface area contributed by atoms with Gasteiger partial charge in [0.05, 0.1) is 13.2 Å². The number of likely N-dealkylation sites (N-methyl/N-ethyl adjacent to an activating group) is 1. The Labute approximate surface area is 104 Å². The largest absolute Gasteiger partial charge is 0.379 e. The van der Waals surface area contributed by atoms with E-state index in [9.17, 15) is 0 Å². The second-order valence-corrected chi connectivity index (χ2v) is 4.96. The Bertz CT molecular complexity index is 207. The summed E-state index contributed by atoms with van der Waals surface area (Å²) in [6.45, 7) is 10.9. The van der Waals surface area contributed by atoms with E-state index in [1.807, 2.05) is 7.05 Å². The fourth-order valence-electron chi connectivity index (χ4n) is 2.59. The lowest BCUT2D eigenvalue weighted by Crippen LogP contribution is -2.55. The van der Waals surface area contributed by atoms with E-state index < -0.39 is 0 Å².